The summed E-state index contributed by atoms with van der Waals surface area (Å²) in [5, 5.41) is 22.7. The Morgan fingerprint density at radius 3 is 1.81 bits per heavy atom. The normalized spacial score (nSPS) is 11.6. The van der Waals surface area contributed by atoms with Gasteiger partial charge in [0.05, 0.1) is 11.0 Å². The van der Waals surface area contributed by atoms with Gasteiger partial charge in [-0.3, -0.25) is 0 Å². The van der Waals surface area contributed by atoms with E-state index in [0.29, 0.717) is 11.0 Å². The molecule has 1 aromatic heterocycles. The van der Waals surface area contributed by atoms with Crippen molar-refractivity contribution in [2.24, 2.45) is 0 Å². The summed E-state index contributed by atoms with van der Waals surface area (Å²) in [4.78, 5) is 8.96. The molecule has 0 aliphatic carbocycles. The molecule has 26 heavy (non-hydrogen) atoms. The van der Waals surface area contributed by atoms with Gasteiger partial charge in [-0.05, 0) is 27.8 Å². The molecule has 0 amide bonds. The largest absolute Gasteiger partial charge is 0.232 e. The minimum absolute atomic E-state index is 0.0262. The summed E-state index contributed by atoms with van der Waals surface area (Å²) in [5.41, 5.74) is 2.71. The lowest BCUT2D eigenvalue weighted by molar-refractivity contribution is 0.591. The zero-order valence-corrected chi connectivity index (χ0v) is 14.8. The minimum atomic E-state index is 0.0262. The summed E-state index contributed by atoms with van der Waals surface area (Å²) >= 11 is 0. The smallest absolute Gasteiger partial charge is 0.177 e. The summed E-state index contributed by atoms with van der Waals surface area (Å²) in [7, 11) is 0. The van der Waals surface area contributed by atoms with Crippen molar-refractivity contribution in [2.45, 2.75) is 26.2 Å². The maximum absolute atomic E-state index is 9.34. The Morgan fingerprint density at radius 2 is 1.27 bits per heavy atom. The number of hydrogen-bond donors (Lipinski definition) is 0. The van der Waals surface area contributed by atoms with Crippen molar-refractivity contribution >= 4 is 32.6 Å². The van der Waals surface area contributed by atoms with Crippen molar-refractivity contribution in [1.29, 1.82) is 10.5 Å². The maximum atomic E-state index is 9.34. The molecule has 4 rings (SSSR count). The summed E-state index contributed by atoms with van der Waals surface area (Å²) < 4.78 is 0. The summed E-state index contributed by atoms with van der Waals surface area (Å²) in [6.45, 7) is 6.55. The highest BCUT2D eigenvalue weighted by molar-refractivity contribution is 6.23. The summed E-state index contributed by atoms with van der Waals surface area (Å²) in [6, 6.07) is 18.3. The molecule has 0 atom stereocenters. The number of hydrogen-bond acceptors (Lipinski definition) is 4. The predicted octanol–water partition coefficient (Wildman–Crippen LogP) is 4.98. The van der Waals surface area contributed by atoms with Crippen molar-refractivity contribution in [1.82, 2.24) is 9.97 Å². The van der Waals surface area contributed by atoms with E-state index in [1.807, 2.05) is 36.4 Å². The number of nitriles is 2. The van der Waals surface area contributed by atoms with Crippen molar-refractivity contribution in [2.75, 3.05) is 0 Å². The molecular formula is C22H16N4. The van der Waals surface area contributed by atoms with Crippen LogP contribution in [0.1, 0.15) is 37.7 Å². The van der Waals surface area contributed by atoms with E-state index in [1.165, 1.54) is 5.56 Å². The molecule has 0 bridgehead atoms. The van der Waals surface area contributed by atoms with E-state index in [2.05, 4.69) is 48.9 Å². The van der Waals surface area contributed by atoms with Crippen LogP contribution in [0.2, 0.25) is 0 Å². The van der Waals surface area contributed by atoms with Gasteiger partial charge >= 0.3 is 0 Å². The van der Waals surface area contributed by atoms with Crippen LogP contribution in [-0.2, 0) is 5.41 Å². The molecule has 0 aliphatic heterocycles. The third kappa shape index (κ3) is 2.28. The Kier molecular flexibility index (Phi) is 3.39. The molecule has 4 aromatic rings. The molecule has 0 aliphatic rings. The minimum Gasteiger partial charge on any atom is -0.232 e. The Morgan fingerprint density at radius 1 is 0.731 bits per heavy atom. The first-order valence-corrected chi connectivity index (χ1v) is 8.41. The van der Waals surface area contributed by atoms with Gasteiger partial charge in [-0.2, -0.15) is 10.5 Å². The highest BCUT2D eigenvalue weighted by Gasteiger charge is 2.18. The second kappa shape index (κ2) is 5.51. The average Bonchev–Trinajstić information content (AvgIpc) is 2.66. The average molecular weight is 336 g/mol. The zero-order valence-electron chi connectivity index (χ0n) is 14.8. The number of aromatic nitrogens is 2. The van der Waals surface area contributed by atoms with E-state index in [9.17, 15) is 10.5 Å². The Balaban J connectivity index is 2.28. The van der Waals surface area contributed by atoms with Crippen molar-refractivity contribution in [3.05, 3.63) is 59.4 Å². The second-order valence-electron chi connectivity index (χ2n) is 7.40. The summed E-state index contributed by atoms with van der Waals surface area (Å²) in [6.07, 6.45) is 0. The van der Waals surface area contributed by atoms with Gasteiger partial charge in [-0.25, -0.2) is 9.97 Å². The number of fused-ring (bicyclic) bond motifs is 6. The molecule has 0 N–H and O–H groups in total. The molecule has 0 spiro atoms. The van der Waals surface area contributed by atoms with E-state index >= 15 is 0 Å². The first-order valence-electron chi connectivity index (χ1n) is 8.41. The van der Waals surface area contributed by atoms with E-state index in [1.54, 1.807) is 0 Å². The lowest BCUT2D eigenvalue weighted by Crippen LogP contribution is -2.10. The maximum Gasteiger partial charge on any atom is 0.177 e. The number of nitrogens with zero attached hydrogens (tertiary/aromatic N) is 4. The van der Waals surface area contributed by atoms with Gasteiger partial charge in [0, 0.05) is 10.8 Å². The fraction of sp³-hybridized carbons (Fsp3) is 0.182. The van der Waals surface area contributed by atoms with Gasteiger partial charge in [0.25, 0.3) is 0 Å². The third-order valence-electron chi connectivity index (χ3n) is 4.72. The van der Waals surface area contributed by atoms with Crippen LogP contribution in [0.5, 0.6) is 0 Å². The number of rotatable bonds is 0. The molecule has 0 fully saturated rings. The van der Waals surface area contributed by atoms with Crippen LogP contribution in [-0.4, -0.2) is 9.97 Å². The van der Waals surface area contributed by atoms with Crippen LogP contribution in [0.25, 0.3) is 32.6 Å². The Bertz CT molecular complexity index is 1280. The monoisotopic (exact) mass is 336 g/mol. The number of benzene rings is 3. The van der Waals surface area contributed by atoms with Gasteiger partial charge in [0.15, 0.2) is 11.4 Å². The van der Waals surface area contributed by atoms with Crippen LogP contribution >= 0.6 is 0 Å². The van der Waals surface area contributed by atoms with Crippen molar-refractivity contribution in [3.63, 3.8) is 0 Å². The fourth-order valence-corrected chi connectivity index (χ4v) is 3.33. The van der Waals surface area contributed by atoms with Gasteiger partial charge in [-0.1, -0.05) is 57.2 Å². The lowest BCUT2D eigenvalue weighted by atomic mass is 9.85. The summed E-state index contributed by atoms with van der Waals surface area (Å²) in [5.74, 6) is 0. The molecule has 4 heteroatoms. The van der Waals surface area contributed by atoms with Crippen molar-refractivity contribution < 1.29 is 0 Å². The third-order valence-corrected chi connectivity index (χ3v) is 4.72. The van der Waals surface area contributed by atoms with Gasteiger partial charge in [0.2, 0.25) is 0 Å². The fourth-order valence-electron chi connectivity index (χ4n) is 3.33. The lowest BCUT2D eigenvalue weighted by Gasteiger charge is -2.20. The Hall–Kier alpha value is -3.50. The van der Waals surface area contributed by atoms with E-state index in [0.717, 1.165) is 21.5 Å². The van der Waals surface area contributed by atoms with Crippen LogP contribution in [0.3, 0.4) is 0 Å². The van der Waals surface area contributed by atoms with E-state index < -0.39 is 0 Å². The van der Waals surface area contributed by atoms with Gasteiger partial charge < -0.3 is 0 Å². The SMILES string of the molecule is CC(C)(C)c1ccc2c(c1)c1ccccc1c1nc(C#N)c(C#N)nc21. The zero-order chi connectivity index (χ0) is 18.5. The van der Waals surface area contributed by atoms with Gasteiger partial charge in [0.1, 0.15) is 12.1 Å². The quantitative estimate of drug-likeness (QED) is 0.425. The van der Waals surface area contributed by atoms with Crippen LogP contribution < -0.4 is 0 Å². The molecule has 1 heterocycles. The molecule has 0 unspecified atom stereocenters. The molecular weight excluding hydrogens is 320 g/mol. The van der Waals surface area contributed by atoms with Crippen LogP contribution in [0.4, 0.5) is 0 Å². The first-order chi connectivity index (χ1) is 12.4. The molecule has 4 nitrogen and oxygen atoms in total. The highest BCUT2D eigenvalue weighted by atomic mass is 14.8. The standard InChI is InChI=1S/C22H16N4/c1-22(2,3)13-8-9-16-17(10-13)14-6-4-5-7-15(14)20-21(16)26-19(12-24)18(11-23)25-20/h4-10H,1-3H3. The predicted molar refractivity (Wildman–Crippen MR) is 103 cm³/mol. The molecule has 0 saturated carbocycles. The van der Waals surface area contributed by atoms with E-state index in [-0.39, 0.29) is 16.8 Å². The topological polar surface area (TPSA) is 73.4 Å². The van der Waals surface area contributed by atoms with Crippen molar-refractivity contribution in [3.8, 4) is 12.1 Å². The molecule has 3 aromatic carbocycles. The second-order valence-corrected chi connectivity index (χ2v) is 7.40. The molecule has 124 valence electrons. The highest BCUT2D eigenvalue weighted by Crippen LogP contribution is 2.36. The molecule has 0 saturated heterocycles. The first kappa shape index (κ1) is 16.0. The Labute approximate surface area is 151 Å². The molecule has 0 radical (unpaired) electrons. The van der Waals surface area contributed by atoms with Crippen LogP contribution in [0.15, 0.2) is 42.5 Å². The van der Waals surface area contributed by atoms with Crippen LogP contribution in [0, 0.1) is 22.7 Å². The van der Waals surface area contributed by atoms with E-state index in [4.69, 9.17) is 0 Å². The van der Waals surface area contributed by atoms with Gasteiger partial charge in [-0.15, -0.1) is 0 Å².